The predicted molar refractivity (Wildman–Crippen MR) is 98.8 cm³/mol. The Balaban J connectivity index is 0.00000208. The number of aromatic nitrogens is 2. The second-order valence-corrected chi connectivity index (χ2v) is 6.40. The van der Waals surface area contributed by atoms with E-state index in [4.69, 9.17) is 5.73 Å². The molecular weight excluding hydrogens is 324 g/mol. The van der Waals surface area contributed by atoms with Gasteiger partial charge in [-0.2, -0.15) is 5.10 Å². The number of halogens is 1. The molecule has 1 aliphatic rings. The van der Waals surface area contributed by atoms with Crippen LogP contribution in [0, 0.1) is 19.8 Å². The van der Waals surface area contributed by atoms with Crippen molar-refractivity contribution in [3.63, 3.8) is 0 Å². The molecule has 1 fully saturated rings. The molecule has 1 amide bonds. The second-order valence-electron chi connectivity index (χ2n) is 6.40. The van der Waals surface area contributed by atoms with Crippen molar-refractivity contribution >= 4 is 24.0 Å². The number of anilines is 1. The highest BCUT2D eigenvalue weighted by Crippen LogP contribution is 2.28. The minimum absolute atomic E-state index is 0. The van der Waals surface area contributed by atoms with Crippen molar-refractivity contribution in [3.05, 3.63) is 41.7 Å². The predicted octanol–water partition coefficient (Wildman–Crippen LogP) is 3.37. The molecule has 1 aromatic heterocycles. The highest BCUT2D eigenvalue weighted by Gasteiger charge is 2.26. The molecule has 5 nitrogen and oxygen atoms in total. The van der Waals surface area contributed by atoms with Crippen molar-refractivity contribution in [2.24, 2.45) is 11.7 Å². The van der Waals surface area contributed by atoms with Gasteiger partial charge in [0.2, 0.25) is 5.91 Å². The molecule has 2 aromatic rings. The van der Waals surface area contributed by atoms with E-state index in [2.05, 4.69) is 10.4 Å². The first-order chi connectivity index (χ1) is 11.1. The number of hydrogen-bond donors (Lipinski definition) is 2. The fourth-order valence-electron chi connectivity index (χ4n) is 3.39. The molecule has 0 spiro atoms. The zero-order valence-corrected chi connectivity index (χ0v) is 15.0. The van der Waals surface area contributed by atoms with Crippen molar-refractivity contribution in [1.82, 2.24) is 9.78 Å². The number of nitrogens with two attached hydrogens (primary N) is 1. The van der Waals surface area contributed by atoms with Gasteiger partial charge in [0.05, 0.1) is 22.8 Å². The first-order valence-electron chi connectivity index (χ1n) is 8.23. The smallest absolute Gasteiger partial charge is 0.224 e. The third kappa shape index (κ3) is 3.79. The summed E-state index contributed by atoms with van der Waals surface area (Å²) >= 11 is 0. The van der Waals surface area contributed by atoms with Crippen LogP contribution in [0.4, 0.5) is 5.69 Å². The molecule has 6 heteroatoms. The second kappa shape index (κ2) is 7.81. The van der Waals surface area contributed by atoms with Crippen molar-refractivity contribution in [2.75, 3.05) is 5.32 Å². The standard InChI is InChI=1S/C18H24N4O.ClH/c1-12-18(20-17(23)11-14-7-6-10-16(14)19)13(2)22(21-12)15-8-4-3-5-9-15;/h3-5,8-9,14,16H,6-7,10-11,19H2,1-2H3,(H,20,23);1H/t14-,16+;/m0./s1. The van der Waals surface area contributed by atoms with E-state index in [9.17, 15) is 4.79 Å². The number of carbonyl (C=O) groups is 1. The van der Waals surface area contributed by atoms with Gasteiger partial charge in [-0.3, -0.25) is 4.79 Å². The van der Waals surface area contributed by atoms with Crippen LogP contribution in [0.3, 0.4) is 0 Å². The summed E-state index contributed by atoms with van der Waals surface area (Å²) in [4.78, 5) is 12.4. The highest BCUT2D eigenvalue weighted by atomic mass is 35.5. The molecule has 0 unspecified atom stereocenters. The summed E-state index contributed by atoms with van der Waals surface area (Å²) in [6, 6.07) is 10.1. The molecule has 0 aliphatic heterocycles. The number of benzene rings is 1. The fraction of sp³-hybridized carbons (Fsp3) is 0.444. The summed E-state index contributed by atoms with van der Waals surface area (Å²) in [5.41, 5.74) is 9.64. The first kappa shape index (κ1) is 18.5. The lowest BCUT2D eigenvalue weighted by Gasteiger charge is -2.15. The SMILES string of the molecule is Cc1nn(-c2ccccc2)c(C)c1NC(=O)C[C@@H]1CCC[C@H]1N.Cl. The quantitative estimate of drug-likeness (QED) is 0.889. The maximum Gasteiger partial charge on any atom is 0.224 e. The van der Waals surface area contributed by atoms with Gasteiger partial charge in [0.15, 0.2) is 0 Å². The van der Waals surface area contributed by atoms with E-state index < -0.39 is 0 Å². The lowest BCUT2D eigenvalue weighted by molar-refractivity contribution is -0.117. The van der Waals surface area contributed by atoms with Crippen LogP contribution in [-0.4, -0.2) is 21.7 Å². The Morgan fingerprint density at radius 1 is 1.29 bits per heavy atom. The lowest BCUT2D eigenvalue weighted by atomic mass is 10.00. The molecule has 0 bridgehead atoms. The normalized spacial score (nSPS) is 19.8. The zero-order valence-electron chi connectivity index (χ0n) is 14.2. The van der Waals surface area contributed by atoms with Crippen LogP contribution in [-0.2, 0) is 4.79 Å². The Kier molecular flexibility index (Phi) is 6.02. The average Bonchev–Trinajstić information content (AvgIpc) is 3.06. The summed E-state index contributed by atoms with van der Waals surface area (Å²) in [7, 11) is 0. The van der Waals surface area contributed by atoms with Crippen LogP contribution in [0.15, 0.2) is 30.3 Å². The van der Waals surface area contributed by atoms with Crippen molar-refractivity contribution in [1.29, 1.82) is 0 Å². The molecule has 0 saturated heterocycles. The average molecular weight is 349 g/mol. The van der Waals surface area contributed by atoms with Gasteiger partial charge in [-0.05, 0) is 44.7 Å². The van der Waals surface area contributed by atoms with E-state index in [0.717, 1.165) is 42.0 Å². The number of carbonyl (C=O) groups excluding carboxylic acids is 1. The number of amides is 1. The van der Waals surface area contributed by atoms with Gasteiger partial charge in [-0.1, -0.05) is 24.6 Å². The summed E-state index contributed by atoms with van der Waals surface area (Å²) in [6.07, 6.45) is 3.71. The molecule has 1 aromatic carbocycles. The number of nitrogens with one attached hydrogen (secondary N) is 1. The van der Waals surface area contributed by atoms with Crippen molar-refractivity contribution < 1.29 is 4.79 Å². The Bertz CT molecular complexity index is 699. The van der Waals surface area contributed by atoms with E-state index >= 15 is 0 Å². The number of rotatable bonds is 4. The molecular formula is C18H25ClN4O. The lowest BCUT2D eigenvalue weighted by Crippen LogP contribution is -2.28. The minimum Gasteiger partial charge on any atom is -0.327 e. The zero-order chi connectivity index (χ0) is 16.4. The molecule has 130 valence electrons. The van der Waals surface area contributed by atoms with Crippen LogP contribution in [0.2, 0.25) is 0 Å². The van der Waals surface area contributed by atoms with Crippen LogP contribution in [0.1, 0.15) is 37.1 Å². The van der Waals surface area contributed by atoms with E-state index in [1.165, 1.54) is 0 Å². The Labute approximate surface area is 149 Å². The van der Waals surface area contributed by atoms with Crippen LogP contribution in [0.25, 0.3) is 5.69 Å². The van der Waals surface area contributed by atoms with Gasteiger partial charge in [0, 0.05) is 12.5 Å². The van der Waals surface area contributed by atoms with Gasteiger partial charge in [0.1, 0.15) is 0 Å². The molecule has 24 heavy (non-hydrogen) atoms. The summed E-state index contributed by atoms with van der Waals surface area (Å²) in [6.45, 7) is 3.90. The maximum absolute atomic E-state index is 12.4. The van der Waals surface area contributed by atoms with Gasteiger partial charge < -0.3 is 11.1 Å². The first-order valence-corrected chi connectivity index (χ1v) is 8.23. The summed E-state index contributed by atoms with van der Waals surface area (Å²) in [5.74, 6) is 0.339. The van der Waals surface area contributed by atoms with Crippen molar-refractivity contribution in [3.8, 4) is 5.69 Å². The van der Waals surface area contributed by atoms with Crippen molar-refractivity contribution in [2.45, 2.75) is 45.6 Å². The summed E-state index contributed by atoms with van der Waals surface area (Å²) < 4.78 is 1.87. The number of aryl methyl sites for hydroxylation is 1. The Morgan fingerprint density at radius 3 is 2.62 bits per heavy atom. The van der Waals surface area contributed by atoms with E-state index in [1.807, 2.05) is 48.9 Å². The molecule has 2 atom stereocenters. The molecule has 1 saturated carbocycles. The van der Waals surface area contributed by atoms with Gasteiger partial charge in [-0.25, -0.2) is 4.68 Å². The summed E-state index contributed by atoms with van der Waals surface area (Å²) in [5, 5.41) is 7.60. The Hall–Kier alpha value is -1.85. The highest BCUT2D eigenvalue weighted by molar-refractivity contribution is 5.92. The van der Waals surface area contributed by atoms with E-state index in [1.54, 1.807) is 0 Å². The molecule has 3 N–H and O–H groups in total. The van der Waals surface area contributed by atoms with Gasteiger partial charge >= 0.3 is 0 Å². The maximum atomic E-state index is 12.4. The van der Waals surface area contributed by atoms with E-state index in [0.29, 0.717) is 12.3 Å². The third-order valence-corrected chi connectivity index (χ3v) is 4.72. The molecule has 1 heterocycles. The van der Waals surface area contributed by atoms with E-state index in [-0.39, 0.29) is 24.4 Å². The monoisotopic (exact) mass is 348 g/mol. The van der Waals surface area contributed by atoms with Crippen LogP contribution >= 0.6 is 12.4 Å². The molecule has 1 aliphatic carbocycles. The van der Waals surface area contributed by atoms with Gasteiger partial charge in [0.25, 0.3) is 0 Å². The fourth-order valence-corrected chi connectivity index (χ4v) is 3.39. The van der Waals surface area contributed by atoms with Crippen LogP contribution < -0.4 is 11.1 Å². The third-order valence-electron chi connectivity index (χ3n) is 4.72. The largest absolute Gasteiger partial charge is 0.327 e. The Morgan fingerprint density at radius 2 is 2.00 bits per heavy atom. The molecule has 3 rings (SSSR count). The number of para-hydroxylation sites is 1. The number of hydrogen-bond acceptors (Lipinski definition) is 3. The number of nitrogens with zero attached hydrogens (tertiary/aromatic N) is 2. The topological polar surface area (TPSA) is 72.9 Å². The van der Waals surface area contributed by atoms with Gasteiger partial charge in [-0.15, -0.1) is 12.4 Å². The van der Waals surface area contributed by atoms with Crippen LogP contribution in [0.5, 0.6) is 0 Å². The minimum atomic E-state index is 0. The molecule has 0 radical (unpaired) electrons.